The molecule has 0 saturated heterocycles. The van der Waals surface area contributed by atoms with Crippen molar-refractivity contribution in [2.24, 2.45) is 0 Å². The van der Waals surface area contributed by atoms with Crippen LogP contribution < -0.4 is 0 Å². The highest BCUT2D eigenvalue weighted by Crippen LogP contribution is 2.22. The summed E-state index contributed by atoms with van der Waals surface area (Å²) in [6.45, 7) is 0.241. The SMILES string of the molecule is OCCCc1cccc(-c2ccc(Cl)cc2)c1. The van der Waals surface area contributed by atoms with Crippen LogP contribution in [0.1, 0.15) is 12.0 Å². The maximum absolute atomic E-state index is 8.83. The smallest absolute Gasteiger partial charge is 0.0434 e. The summed E-state index contributed by atoms with van der Waals surface area (Å²) in [4.78, 5) is 0. The van der Waals surface area contributed by atoms with E-state index in [1.807, 2.05) is 24.3 Å². The number of aliphatic hydroxyl groups is 1. The van der Waals surface area contributed by atoms with Crippen LogP contribution in [0.15, 0.2) is 48.5 Å². The molecule has 17 heavy (non-hydrogen) atoms. The van der Waals surface area contributed by atoms with Crippen LogP contribution >= 0.6 is 11.6 Å². The zero-order valence-corrected chi connectivity index (χ0v) is 10.3. The van der Waals surface area contributed by atoms with Crippen molar-refractivity contribution >= 4 is 11.6 Å². The van der Waals surface area contributed by atoms with E-state index in [0.29, 0.717) is 0 Å². The Bertz CT molecular complexity index is 477. The van der Waals surface area contributed by atoms with Crippen LogP contribution in [0.25, 0.3) is 11.1 Å². The Morgan fingerprint density at radius 1 is 0.941 bits per heavy atom. The number of hydrogen-bond acceptors (Lipinski definition) is 1. The molecular formula is C15H15ClO. The van der Waals surface area contributed by atoms with Crippen LogP contribution in [0.3, 0.4) is 0 Å². The van der Waals surface area contributed by atoms with Crippen LogP contribution in [0.2, 0.25) is 5.02 Å². The second-order valence-corrected chi connectivity index (χ2v) is 4.47. The Balaban J connectivity index is 2.23. The fourth-order valence-corrected chi connectivity index (χ4v) is 1.96. The van der Waals surface area contributed by atoms with Gasteiger partial charge in [-0.3, -0.25) is 0 Å². The Morgan fingerprint density at radius 2 is 1.71 bits per heavy atom. The summed E-state index contributed by atoms with van der Waals surface area (Å²) >= 11 is 5.87. The molecule has 0 aliphatic carbocycles. The number of aliphatic hydroxyl groups excluding tert-OH is 1. The summed E-state index contributed by atoms with van der Waals surface area (Å²) in [6, 6.07) is 16.2. The molecule has 0 spiro atoms. The Labute approximate surface area is 107 Å². The summed E-state index contributed by atoms with van der Waals surface area (Å²) < 4.78 is 0. The molecule has 0 bridgehead atoms. The van der Waals surface area contributed by atoms with Gasteiger partial charge in [0.2, 0.25) is 0 Å². The van der Waals surface area contributed by atoms with Crippen molar-refractivity contribution in [2.75, 3.05) is 6.61 Å². The van der Waals surface area contributed by atoms with Gasteiger partial charge in [-0.05, 0) is 41.7 Å². The third-order valence-corrected chi connectivity index (χ3v) is 2.98. The molecule has 0 heterocycles. The topological polar surface area (TPSA) is 20.2 Å². The fraction of sp³-hybridized carbons (Fsp3) is 0.200. The van der Waals surface area contributed by atoms with Crippen LogP contribution in [0.4, 0.5) is 0 Å². The van der Waals surface area contributed by atoms with Gasteiger partial charge in [-0.15, -0.1) is 0 Å². The molecule has 0 atom stereocenters. The second kappa shape index (κ2) is 5.85. The van der Waals surface area contributed by atoms with Crippen molar-refractivity contribution in [3.8, 4) is 11.1 Å². The maximum atomic E-state index is 8.83. The lowest BCUT2D eigenvalue weighted by Gasteiger charge is -2.05. The van der Waals surface area contributed by atoms with E-state index < -0.39 is 0 Å². The van der Waals surface area contributed by atoms with Gasteiger partial charge in [0.05, 0.1) is 0 Å². The molecular weight excluding hydrogens is 232 g/mol. The van der Waals surface area contributed by atoms with Crippen LogP contribution in [-0.4, -0.2) is 11.7 Å². The van der Waals surface area contributed by atoms with E-state index >= 15 is 0 Å². The standard InChI is InChI=1S/C15H15ClO/c16-15-8-6-13(7-9-15)14-5-1-3-12(11-14)4-2-10-17/h1,3,5-9,11,17H,2,4,10H2. The highest BCUT2D eigenvalue weighted by atomic mass is 35.5. The van der Waals surface area contributed by atoms with Gasteiger partial charge in [0.1, 0.15) is 0 Å². The van der Waals surface area contributed by atoms with Crippen LogP contribution in [0, 0.1) is 0 Å². The van der Waals surface area contributed by atoms with E-state index in [1.165, 1.54) is 16.7 Å². The lowest BCUT2D eigenvalue weighted by atomic mass is 10.0. The quantitative estimate of drug-likeness (QED) is 0.867. The molecule has 2 heteroatoms. The van der Waals surface area contributed by atoms with E-state index in [0.717, 1.165) is 17.9 Å². The zero-order valence-electron chi connectivity index (χ0n) is 9.57. The Kier molecular flexibility index (Phi) is 4.18. The van der Waals surface area contributed by atoms with Crippen molar-refractivity contribution in [3.63, 3.8) is 0 Å². The fourth-order valence-electron chi connectivity index (χ4n) is 1.83. The number of hydrogen-bond donors (Lipinski definition) is 1. The number of rotatable bonds is 4. The van der Waals surface area contributed by atoms with E-state index in [-0.39, 0.29) is 6.61 Å². The Morgan fingerprint density at radius 3 is 2.41 bits per heavy atom. The molecule has 0 aliphatic rings. The predicted molar refractivity (Wildman–Crippen MR) is 72.3 cm³/mol. The van der Waals surface area contributed by atoms with Crippen molar-refractivity contribution < 1.29 is 5.11 Å². The molecule has 0 saturated carbocycles. The first kappa shape index (κ1) is 12.2. The highest BCUT2D eigenvalue weighted by molar-refractivity contribution is 6.30. The second-order valence-electron chi connectivity index (χ2n) is 4.03. The molecule has 0 aliphatic heterocycles. The van der Waals surface area contributed by atoms with Crippen molar-refractivity contribution in [1.82, 2.24) is 0 Å². The van der Waals surface area contributed by atoms with Gasteiger partial charge in [0.15, 0.2) is 0 Å². The first-order valence-corrected chi connectivity index (χ1v) is 6.13. The summed E-state index contributed by atoms with van der Waals surface area (Å²) in [5.41, 5.74) is 3.61. The molecule has 0 amide bonds. The molecule has 0 aromatic heterocycles. The van der Waals surface area contributed by atoms with E-state index in [9.17, 15) is 0 Å². The first-order valence-electron chi connectivity index (χ1n) is 5.75. The summed E-state index contributed by atoms with van der Waals surface area (Å²) in [5.74, 6) is 0. The monoisotopic (exact) mass is 246 g/mol. The lowest BCUT2D eigenvalue weighted by molar-refractivity contribution is 0.288. The molecule has 2 rings (SSSR count). The first-order chi connectivity index (χ1) is 8.29. The molecule has 0 fully saturated rings. The molecule has 88 valence electrons. The van der Waals surface area contributed by atoms with Gasteiger partial charge in [-0.2, -0.15) is 0 Å². The largest absolute Gasteiger partial charge is 0.396 e. The van der Waals surface area contributed by atoms with Crippen LogP contribution in [-0.2, 0) is 6.42 Å². The lowest BCUT2D eigenvalue weighted by Crippen LogP contribution is -1.89. The van der Waals surface area contributed by atoms with Crippen LogP contribution in [0.5, 0.6) is 0 Å². The minimum Gasteiger partial charge on any atom is -0.396 e. The van der Waals surface area contributed by atoms with Crippen molar-refractivity contribution in [3.05, 3.63) is 59.1 Å². The normalized spacial score (nSPS) is 10.5. The van der Waals surface area contributed by atoms with Gasteiger partial charge in [0, 0.05) is 11.6 Å². The predicted octanol–water partition coefficient (Wildman–Crippen LogP) is 3.93. The molecule has 1 nitrogen and oxygen atoms in total. The summed E-state index contributed by atoms with van der Waals surface area (Å²) in [7, 11) is 0. The van der Waals surface area contributed by atoms with Gasteiger partial charge >= 0.3 is 0 Å². The minimum absolute atomic E-state index is 0.241. The molecule has 2 aromatic rings. The average molecular weight is 247 g/mol. The number of aryl methyl sites for hydroxylation is 1. The third kappa shape index (κ3) is 3.32. The van der Waals surface area contributed by atoms with Crippen molar-refractivity contribution in [2.45, 2.75) is 12.8 Å². The van der Waals surface area contributed by atoms with E-state index in [4.69, 9.17) is 16.7 Å². The molecule has 0 radical (unpaired) electrons. The third-order valence-electron chi connectivity index (χ3n) is 2.73. The molecule has 1 N–H and O–H groups in total. The van der Waals surface area contributed by atoms with E-state index in [1.54, 1.807) is 0 Å². The van der Waals surface area contributed by atoms with E-state index in [2.05, 4.69) is 24.3 Å². The number of benzene rings is 2. The van der Waals surface area contributed by atoms with Gasteiger partial charge in [-0.25, -0.2) is 0 Å². The van der Waals surface area contributed by atoms with Gasteiger partial charge in [0.25, 0.3) is 0 Å². The highest BCUT2D eigenvalue weighted by Gasteiger charge is 1.99. The number of halogens is 1. The molecule has 2 aromatic carbocycles. The minimum atomic E-state index is 0.241. The Hall–Kier alpha value is -1.31. The van der Waals surface area contributed by atoms with Gasteiger partial charge in [-0.1, -0.05) is 48.0 Å². The van der Waals surface area contributed by atoms with Gasteiger partial charge < -0.3 is 5.11 Å². The summed E-state index contributed by atoms with van der Waals surface area (Å²) in [6.07, 6.45) is 1.72. The zero-order chi connectivity index (χ0) is 12.1. The summed E-state index contributed by atoms with van der Waals surface area (Å²) in [5, 5.41) is 9.58. The van der Waals surface area contributed by atoms with Crippen molar-refractivity contribution in [1.29, 1.82) is 0 Å². The average Bonchev–Trinajstić information content (AvgIpc) is 2.37. The maximum Gasteiger partial charge on any atom is 0.0434 e. The molecule has 0 unspecified atom stereocenters.